The first-order valence-corrected chi connectivity index (χ1v) is 3.94. The summed E-state index contributed by atoms with van der Waals surface area (Å²) in [5.74, 6) is -0.244. The second-order valence-corrected chi connectivity index (χ2v) is 2.71. The third-order valence-corrected chi connectivity index (χ3v) is 1.74. The van der Waals surface area contributed by atoms with Crippen LogP contribution in [0, 0.1) is 0 Å². The van der Waals surface area contributed by atoms with Crippen molar-refractivity contribution in [3.8, 4) is 0 Å². The molecule has 0 spiro atoms. The van der Waals surface area contributed by atoms with Crippen LogP contribution in [0.15, 0.2) is 0 Å². The molecule has 0 radical (unpaired) electrons. The van der Waals surface area contributed by atoms with Crippen molar-refractivity contribution in [2.75, 3.05) is 6.54 Å². The Bertz CT molecular complexity index is 193. The second-order valence-electron chi connectivity index (χ2n) is 2.71. The fourth-order valence-corrected chi connectivity index (χ4v) is 1.16. The summed E-state index contributed by atoms with van der Waals surface area (Å²) in [6.07, 6.45) is 0.776. The summed E-state index contributed by atoms with van der Waals surface area (Å²) < 4.78 is 4.61. The highest BCUT2D eigenvalue weighted by Gasteiger charge is 2.23. The zero-order valence-corrected chi connectivity index (χ0v) is 6.71. The molecular formula is C7H12N2O3. The van der Waals surface area contributed by atoms with E-state index in [-0.39, 0.29) is 5.91 Å². The second kappa shape index (κ2) is 3.94. The van der Waals surface area contributed by atoms with Crippen LogP contribution in [0.1, 0.15) is 19.3 Å². The van der Waals surface area contributed by atoms with Crippen molar-refractivity contribution in [3.05, 3.63) is 0 Å². The molecule has 0 aliphatic carbocycles. The summed E-state index contributed by atoms with van der Waals surface area (Å²) in [5, 5.41) is 2.63. The van der Waals surface area contributed by atoms with Gasteiger partial charge in [-0.25, -0.2) is 4.79 Å². The van der Waals surface area contributed by atoms with Gasteiger partial charge in [0.1, 0.15) is 0 Å². The fraction of sp³-hybridized carbons (Fsp3) is 0.714. The van der Waals surface area contributed by atoms with E-state index < -0.39 is 12.2 Å². The third kappa shape index (κ3) is 2.41. The molecule has 0 aromatic carbocycles. The number of primary amides is 1. The Kier molecular flexibility index (Phi) is 2.90. The van der Waals surface area contributed by atoms with Crippen molar-refractivity contribution in [1.29, 1.82) is 0 Å². The van der Waals surface area contributed by atoms with Crippen LogP contribution in [0.5, 0.6) is 0 Å². The molecule has 0 saturated carbocycles. The van der Waals surface area contributed by atoms with Gasteiger partial charge in [-0.1, -0.05) is 0 Å². The molecule has 1 aliphatic rings. The minimum atomic E-state index is -0.892. The number of hydrogen-bond donors (Lipinski definition) is 2. The van der Waals surface area contributed by atoms with Gasteiger partial charge in [-0.3, -0.25) is 4.79 Å². The summed E-state index contributed by atoms with van der Waals surface area (Å²) >= 11 is 0. The summed E-state index contributed by atoms with van der Waals surface area (Å²) in [4.78, 5) is 21.5. The number of carbonyl (C=O) groups excluding carboxylic acids is 2. The Hall–Kier alpha value is -1.26. The Morgan fingerprint density at radius 2 is 2.33 bits per heavy atom. The lowest BCUT2D eigenvalue weighted by atomic mass is 10.2. The van der Waals surface area contributed by atoms with E-state index in [1.54, 1.807) is 0 Å². The topological polar surface area (TPSA) is 81.4 Å². The van der Waals surface area contributed by atoms with Crippen LogP contribution in [0.25, 0.3) is 0 Å². The average molecular weight is 172 g/mol. The van der Waals surface area contributed by atoms with Crippen molar-refractivity contribution in [3.63, 3.8) is 0 Å². The summed E-state index contributed by atoms with van der Waals surface area (Å²) in [7, 11) is 0. The zero-order chi connectivity index (χ0) is 8.97. The number of ether oxygens (including phenoxy) is 1. The van der Waals surface area contributed by atoms with E-state index in [0.717, 1.165) is 12.8 Å². The summed E-state index contributed by atoms with van der Waals surface area (Å²) in [5.41, 5.74) is 4.80. The van der Waals surface area contributed by atoms with Crippen molar-refractivity contribution < 1.29 is 14.3 Å². The van der Waals surface area contributed by atoms with E-state index >= 15 is 0 Å². The lowest BCUT2D eigenvalue weighted by molar-refractivity contribution is -0.129. The van der Waals surface area contributed by atoms with Gasteiger partial charge in [-0.15, -0.1) is 0 Å². The highest BCUT2D eigenvalue weighted by molar-refractivity contribution is 5.83. The number of nitrogens with one attached hydrogen (secondary N) is 1. The van der Waals surface area contributed by atoms with Gasteiger partial charge in [0.05, 0.1) is 0 Å². The zero-order valence-electron chi connectivity index (χ0n) is 6.71. The van der Waals surface area contributed by atoms with Gasteiger partial charge < -0.3 is 15.8 Å². The number of amides is 2. The highest BCUT2D eigenvalue weighted by Crippen LogP contribution is 2.08. The average Bonchev–Trinajstić information content (AvgIpc) is 2.16. The molecule has 0 aromatic rings. The van der Waals surface area contributed by atoms with Crippen LogP contribution in [0.3, 0.4) is 0 Å². The Balaban J connectivity index is 2.47. The molecule has 0 bridgehead atoms. The highest BCUT2D eigenvalue weighted by atomic mass is 16.6. The Morgan fingerprint density at radius 3 is 3.00 bits per heavy atom. The van der Waals surface area contributed by atoms with Crippen molar-refractivity contribution in [2.24, 2.45) is 5.73 Å². The van der Waals surface area contributed by atoms with Crippen LogP contribution in [0.4, 0.5) is 4.79 Å². The molecule has 1 fully saturated rings. The SMILES string of the molecule is NC(=O)OC1CCCCNC1=O. The van der Waals surface area contributed by atoms with Gasteiger partial charge in [0.25, 0.3) is 5.91 Å². The molecule has 5 heteroatoms. The largest absolute Gasteiger partial charge is 0.436 e. The van der Waals surface area contributed by atoms with E-state index in [4.69, 9.17) is 5.73 Å². The van der Waals surface area contributed by atoms with E-state index in [1.165, 1.54) is 0 Å². The van der Waals surface area contributed by atoms with Crippen LogP contribution < -0.4 is 11.1 Å². The van der Waals surface area contributed by atoms with Crippen molar-refractivity contribution >= 4 is 12.0 Å². The van der Waals surface area contributed by atoms with Gasteiger partial charge in [0, 0.05) is 6.54 Å². The minimum absolute atomic E-state index is 0.244. The number of rotatable bonds is 1. The smallest absolute Gasteiger partial charge is 0.405 e. The van der Waals surface area contributed by atoms with Gasteiger partial charge in [0.15, 0.2) is 6.10 Å². The minimum Gasteiger partial charge on any atom is -0.436 e. The van der Waals surface area contributed by atoms with Gasteiger partial charge in [-0.2, -0.15) is 0 Å². The fourth-order valence-electron chi connectivity index (χ4n) is 1.16. The molecular weight excluding hydrogens is 160 g/mol. The third-order valence-electron chi connectivity index (χ3n) is 1.74. The molecule has 3 N–H and O–H groups in total. The molecule has 12 heavy (non-hydrogen) atoms. The van der Waals surface area contributed by atoms with Gasteiger partial charge in [-0.05, 0) is 19.3 Å². The molecule has 1 aliphatic heterocycles. The maximum Gasteiger partial charge on any atom is 0.405 e. The standard InChI is InChI=1S/C7H12N2O3/c8-7(11)12-5-3-1-2-4-9-6(5)10/h5H,1-4H2,(H2,8,11)(H,9,10). The first kappa shape index (κ1) is 8.83. The van der Waals surface area contributed by atoms with E-state index in [1.807, 2.05) is 0 Å². The molecule has 1 rings (SSSR count). The first-order valence-electron chi connectivity index (χ1n) is 3.94. The summed E-state index contributed by atoms with van der Waals surface area (Å²) in [6.45, 7) is 0.650. The van der Waals surface area contributed by atoms with Crippen LogP contribution in [-0.4, -0.2) is 24.6 Å². The van der Waals surface area contributed by atoms with E-state index in [9.17, 15) is 9.59 Å². The van der Waals surface area contributed by atoms with E-state index in [2.05, 4.69) is 10.1 Å². The van der Waals surface area contributed by atoms with Crippen LogP contribution >= 0.6 is 0 Å². The molecule has 1 heterocycles. The number of hydrogen-bond acceptors (Lipinski definition) is 3. The van der Waals surface area contributed by atoms with Crippen LogP contribution in [0.2, 0.25) is 0 Å². The lowest BCUT2D eigenvalue weighted by Crippen LogP contribution is -2.37. The van der Waals surface area contributed by atoms with Crippen molar-refractivity contribution in [1.82, 2.24) is 5.32 Å². The summed E-state index contributed by atoms with van der Waals surface area (Å²) in [6, 6.07) is 0. The molecule has 0 aromatic heterocycles. The molecule has 1 saturated heterocycles. The van der Waals surface area contributed by atoms with E-state index in [0.29, 0.717) is 13.0 Å². The maximum absolute atomic E-state index is 11.1. The quantitative estimate of drug-likeness (QED) is 0.572. The Morgan fingerprint density at radius 1 is 1.58 bits per heavy atom. The molecule has 1 atom stereocenters. The number of carbonyl (C=O) groups is 2. The van der Waals surface area contributed by atoms with Gasteiger partial charge >= 0.3 is 6.09 Å². The monoisotopic (exact) mass is 172 g/mol. The molecule has 1 unspecified atom stereocenters. The first-order chi connectivity index (χ1) is 5.70. The van der Waals surface area contributed by atoms with Crippen molar-refractivity contribution in [2.45, 2.75) is 25.4 Å². The lowest BCUT2D eigenvalue weighted by Gasteiger charge is -2.11. The molecule has 2 amide bonds. The molecule has 5 nitrogen and oxygen atoms in total. The van der Waals surface area contributed by atoms with Crippen LogP contribution in [-0.2, 0) is 9.53 Å². The Labute approximate surface area is 70.2 Å². The normalized spacial score (nSPS) is 24.0. The maximum atomic E-state index is 11.1. The number of nitrogens with two attached hydrogens (primary N) is 1. The van der Waals surface area contributed by atoms with Gasteiger partial charge in [0.2, 0.25) is 0 Å². The molecule has 68 valence electrons. The predicted molar refractivity (Wildman–Crippen MR) is 41.3 cm³/mol. The predicted octanol–water partition coefficient (Wildman–Crippen LogP) is -0.250.